The summed E-state index contributed by atoms with van der Waals surface area (Å²) in [5, 5.41) is 8.27. The topological polar surface area (TPSA) is 52.0 Å². The quantitative estimate of drug-likeness (QED) is 0.527. The number of aromatic amines is 1. The summed E-state index contributed by atoms with van der Waals surface area (Å²) in [6, 6.07) is 1.89. The smallest absolute Gasteiger partial charge is 0.151 e. The highest BCUT2D eigenvalue weighted by Gasteiger charge is 2.26. The number of rotatable bonds is 1. The SMILES string of the molecule is Cc1cc[nH]/c(=N\C(=N)C2CC2)c1Cl. The number of aryl methyl sites for hydroxylation is 1. The number of aromatic nitrogens is 1. The molecular formula is C10H12ClN3. The molecule has 0 unspecified atom stereocenters. The van der Waals surface area contributed by atoms with Gasteiger partial charge in [0.15, 0.2) is 5.49 Å². The first-order valence-corrected chi connectivity index (χ1v) is 5.03. The molecule has 1 fully saturated rings. The molecule has 2 N–H and O–H groups in total. The maximum absolute atomic E-state index is 7.67. The van der Waals surface area contributed by atoms with Crippen LogP contribution in [-0.4, -0.2) is 10.8 Å². The molecule has 1 aromatic rings. The molecule has 1 aromatic heterocycles. The molecule has 0 amide bonds. The van der Waals surface area contributed by atoms with Crippen LogP contribution in [-0.2, 0) is 0 Å². The van der Waals surface area contributed by atoms with Gasteiger partial charge in [-0.2, -0.15) is 0 Å². The summed E-state index contributed by atoms with van der Waals surface area (Å²) in [7, 11) is 0. The molecule has 0 atom stereocenters. The Morgan fingerprint density at radius 2 is 2.36 bits per heavy atom. The summed E-state index contributed by atoms with van der Waals surface area (Å²) in [6.07, 6.45) is 3.97. The number of H-pyrrole nitrogens is 1. The van der Waals surface area contributed by atoms with Crippen molar-refractivity contribution in [1.82, 2.24) is 4.98 Å². The highest BCUT2D eigenvalue weighted by atomic mass is 35.5. The maximum Gasteiger partial charge on any atom is 0.151 e. The lowest BCUT2D eigenvalue weighted by Crippen LogP contribution is -2.13. The molecule has 0 aromatic carbocycles. The summed E-state index contributed by atoms with van der Waals surface area (Å²) in [4.78, 5) is 7.13. The van der Waals surface area contributed by atoms with Crippen LogP contribution in [0, 0.1) is 18.3 Å². The lowest BCUT2D eigenvalue weighted by molar-refractivity contribution is 1.07. The van der Waals surface area contributed by atoms with Crippen LogP contribution in [0.3, 0.4) is 0 Å². The summed E-state index contributed by atoms with van der Waals surface area (Å²) >= 11 is 6.04. The molecule has 0 radical (unpaired) electrons. The lowest BCUT2D eigenvalue weighted by Gasteiger charge is -1.98. The molecule has 0 saturated heterocycles. The number of pyridine rings is 1. The summed E-state index contributed by atoms with van der Waals surface area (Å²) in [5.41, 5.74) is 1.58. The van der Waals surface area contributed by atoms with E-state index in [9.17, 15) is 0 Å². The standard InChI is InChI=1S/C10H12ClN3/c1-6-4-5-13-10(8(6)11)14-9(12)7-2-3-7/h4-5,7H,2-3H2,1H3,(H2,12,13,14). The molecule has 0 bridgehead atoms. The van der Waals surface area contributed by atoms with E-state index < -0.39 is 0 Å². The Morgan fingerprint density at radius 3 is 3.00 bits per heavy atom. The van der Waals surface area contributed by atoms with Crippen molar-refractivity contribution in [2.24, 2.45) is 10.9 Å². The largest absolute Gasteiger partial charge is 0.345 e. The van der Waals surface area contributed by atoms with E-state index in [1.165, 1.54) is 0 Å². The number of halogens is 1. The molecule has 2 rings (SSSR count). The van der Waals surface area contributed by atoms with E-state index in [2.05, 4.69) is 9.98 Å². The van der Waals surface area contributed by atoms with Gasteiger partial charge >= 0.3 is 0 Å². The van der Waals surface area contributed by atoms with Gasteiger partial charge in [0.1, 0.15) is 5.84 Å². The zero-order chi connectivity index (χ0) is 10.1. The highest BCUT2D eigenvalue weighted by molar-refractivity contribution is 6.31. The molecule has 14 heavy (non-hydrogen) atoms. The molecule has 0 aliphatic heterocycles. The van der Waals surface area contributed by atoms with Crippen molar-refractivity contribution in [1.29, 1.82) is 5.41 Å². The van der Waals surface area contributed by atoms with Gasteiger partial charge in [-0.25, -0.2) is 4.99 Å². The maximum atomic E-state index is 7.67. The third kappa shape index (κ3) is 1.87. The van der Waals surface area contributed by atoms with E-state index in [0.29, 0.717) is 22.3 Å². The normalized spacial score (nSPS) is 17.1. The van der Waals surface area contributed by atoms with Crippen LogP contribution in [0.5, 0.6) is 0 Å². The van der Waals surface area contributed by atoms with Crippen molar-refractivity contribution >= 4 is 17.4 Å². The second-order valence-corrected chi connectivity index (χ2v) is 3.97. The van der Waals surface area contributed by atoms with Crippen LogP contribution in [0.2, 0.25) is 5.02 Å². The first kappa shape index (κ1) is 9.46. The third-order valence-corrected chi connectivity index (χ3v) is 2.78. The highest BCUT2D eigenvalue weighted by Crippen LogP contribution is 2.30. The number of hydrogen-bond donors (Lipinski definition) is 2. The van der Waals surface area contributed by atoms with Gasteiger partial charge in [-0.15, -0.1) is 0 Å². The molecule has 0 spiro atoms. The zero-order valence-electron chi connectivity index (χ0n) is 7.97. The second-order valence-electron chi connectivity index (χ2n) is 3.59. The van der Waals surface area contributed by atoms with Crippen molar-refractivity contribution in [3.8, 4) is 0 Å². The van der Waals surface area contributed by atoms with Gasteiger partial charge < -0.3 is 4.98 Å². The minimum absolute atomic E-state index is 0.361. The number of nitrogens with one attached hydrogen (secondary N) is 2. The van der Waals surface area contributed by atoms with Crippen molar-refractivity contribution in [3.05, 3.63) is 28.3 Å². The average molecular weight is 210 g/mol. The zero-order valence-corrected chi connectivity index (χ0v) is 8.73. The summed E-state index contributed by atoms with van der Waals surface area (Å²) in [5.74, 6) is 0.800. The van der Waals surface area contributed by atoms with Crippen molar-refractivity contribution < 1.29 is 0 Å². The Kier molecular flexibility index (Phi) is 2.42. The van der Waals surface area contributed by atoms with Crippen LogP contribution in [0.15, 0.2) is 17.3 Å². The molecule has 1 aliphatic rings. The Morgan fingerprint density at radius 1 is 1.64 bits per heavy atom. The fourth-order valence-corrected chi connectivity index (χ4v) is 1.38. The Bertz CT molecular complexity index is 429. The van der Waals surface area contributed by atoms with Crippen LogP contribution in [0.25, 0.3) is 0 Å². The van der Waals surface area contributed by atoms with Crippen LogP contribution >= 0.6 is 11.6 Å². The second kappa shape index (κ2) is 3.58. The number of amidine groups is 1. The van der Waals surface area contributed by atoms with Crippen molar-refractivity contribution in [2.45, 2.75) is 19.8 Å². The minimum atomic E-state index is 0.361. The summed E-state index contributed by atoms with van der Waals surface area (Å²) < 4.78 is 0. The molecule has 3 nitrogen and oxygen atoms in total. The molecule has 74 valence electrons. The van der Waals surface area contributed by atoms with Gasteiger partial charge in [0, 0.05) is 12.1 Å². The van der Waals surface area contributed by atoms with Gasteiger partial charge in [-0.3, -0.25) is 5.41 Å². The Balaban J connectivity index is 2.39. The first-order valence-electron chi connectivity index (χ1n) is 4.65. The minimum Gasteiger partial charge on any atom is -0.345 e. The summed E-state index contributed by atoms with van der Waals surface area (Å²) in [6.45, 7) is 1.93. The van der Waals surface area contributed by atoms with E-state index in [0.717, 1.165) is 18.4 Å². The monoisotopic (exact) mass is 209 g/mol. The average Bonchev–Trinajstić information content (AvgIpc) is 2.95. The Labute approximate surface area is 87.4 Å². The number of hydrogen-bond acceptors (Lipinski definition) is 1. The van der Waals surface area contributed by atoms with Gasteiger partial charge in [0.05, 0.1) is 5.02 Å². The predicted octanol–water partition coefficient (Wildman–Crippen LogP) is 2.26. The van der Waals surface area contributed by atoms with Gasteiger partial charge in [-0.1, -0.05) is 11.6 Å². The van der Waals surface area contributed by atoms with E-state index in [-0.39, 0.29) is 0 Å². The van der Waals surface area contributed by atoms with Crippen molar-refractivity contribution in [3.63, 3.8) is 0 Å². The molecule has 1 heterocycles. The van der Waals surface area contributed by atoms with E-state index in [4.69, 9.17) is 17.0 Å². The van der Waals surface area contributed by atoms with Crippen LogP contribution in [0.4, 0.5) is 0 Å². The van der Waals surface area contributed by atoms with Gasteiger partial charge in [0.2, 0.25) is 0 Å². The number of nitrogens with zero attached hydrogens (tertiary/aromatic N) is 1. The molecule has 1 saturated carbocycles. The molecule has 1 aliphatic carbocycles. The van der Waals surface area contributed by atoms with Gasteiger partial charge in [0.25, 0.3) is 0 Å². The fourth-order valence-electron chi connectivity index (χ4n) is 1.22. The van der Waals surface area contributed by atoms with E-state index in [1.807, 2.05) is 13.0 Å². The van der Waals surface area contributed by atoms with E-state index >= 15 is 0 Å². The third-order valence-electron chi connectivity index (χ3n) is 2.30. The predicted molar refractivity (Wildman–Crippen MR) is 56.6 cm³/mol. The Hall–Kier alpha value is -1.09. The fraction of sp³-hybridized carbons (Fsp3) is 0.400. The van der Waals surface area contributed by atoms with Crippen LogP contribution < -0.4 is 5.49 Å². The molecular weight excluding hydrogens is 198 g/mol. The van der Waals surface area contributed by atoms with E-state index in [1.54, 1.807) is 6.20 Å². The first-order chi connectivity index (χ1) is 6.68. The lowest BCUT2D eigenvalue weighted by atomic mass is 10.3. The molecule has 4 heteroatoms. The van der Waals surface area contributed by atoms with Gasteiger partial charge in [-0.05, 0) is 31.4 Å². The van der Waals surface area contributed by atoms with Crippen LogP contribution in [0.1, 0.15) is 18.4 Å². The van der Waals surface area contributed by atoms with Crippen molar-refractivity contribution in [2.75, 3.05) is 0 Å².